The Morgan fingerprint density at radius 2 is 1.84 bits per heavy atom. The van der Waals surface area contributed by atoms with E-state index in [-0.39, 0.29) is 5.91 Å². The van der Waals surface area contributed by atoms with Crippen molar-refractivity contribution in [3.05, 3.63) is 35.9 Å². The van der Waals surface area contributed by atoms with Gasteiger partial charge in [-0.2, -0.15) is 0 Å². The lowest BCUT2D eigenvalue weighted by Crippen LogP contribution is -2.39. The zero-order valence-corrected chi connectivity index (χ0v) is 11.3. The number of carbonyl (C=O) groups excluding carboxylic acids is 1. The number of carbonyl (C=O) groups is 1. The fraction of sp³-hybridized carbons (Fsp3) is 0.562. The predicted molar refractivity (Wildman–Crippen MR) is 76.1 cm³/mol. The molecule has 0 saturated carbocycles. The Hall–Kier alpha value is -1.35. The van der Waals surface area contributed by atoms with Crippen LogP contribution in [0.1, 0.15) is 42.5 Å². The Morgan fingerprint density at radius 3 is 2.53 bits per heavy atom. The summed E-state index contributed by atoms with van der Waals surface area (Å²) in [6.45, 7) is 0.803. The Balaban J connectivity index is 1.42. The molecule has 2 saturated heterocycles. The third kappa shape index (κ3) is 3.16. The highest BCUT2D eigenvalue weighted by Crippen LogP contribution is 2.32. The minimum absolute atomic E-state index is 0.0532. The zero-order chi connectivity index (χ0) is 13.1. The van der Waals surface area contributed by atoms with Crippen LogP contribution in [0.4, 0.5) is 0 Å². The van der Waals surface area contributed by atoms with E-state index in [1.54, 1.807) is 0 Å². The molecule has 2 fully saturated rings. The van der Waals surface area contributed by atoms with Gasteiger partial charge >= 0.3 is 0 Å². The van der Waals surface area contributed by atoms with E-state index in [1.165, 1.54) is 25.7 Å². The largest absolute Gasteiger partial charge is 0.352 e. The molecule has 2 atom stereocenters. The summed E-state index contributed by atoms with van der Waals surface area (Å²) in [5.41, 5.74) is 0.757. The van der Waals surface area contributed by atoms with Gasteiger partial charge in [-0.05, 0) is 50.2 Å². The molecular weight excluding hydrogens is 236 g/mol. The second kappa shape index (κ2) is 5.74. The van der Waals surface area contributed by atoms with Crippen LogP contribution in [0.2, 0.25) is 0 Å². The minimum Gasteiger partial charge on any atom is -0.352 e. The van der Waals surface area contributed by atoms with Crippen LogP contribution in [0.25, 0.3) is 0 Å². The molecule has 1 aromatic carbocycles. The summed E-state index contributed by atoms with van der Waals surface area (Å²) < 4.78 is 0. The molecule has 2 unspecified atom stereocenters. The Morgan fingerprint density at radius 1 is 1.16 bits per heavy atom. The van der Waals surface area contributed by atoms with Crippen molar-refractivity contribution in [2.75, 3.05) is 6.54 Å². The average molecular weight is 258 g/mol. The third-order valence-electron chi connectivity index (χ3n) is 4.44. The number of hydrogen-bond acceptors (Lipinski definition) is 2. The van der Waals surface area contributed by atoms with Crippen LogP contribution < -0.4 is 10.6 Å². The standard InChI is InChI=1S/C16H22N2O/c19-16(13-4-2-1-3-5-13)17-9-8-12-10-14-6-7-15(11-12)18-14/h1-5,12,14-15,18H,6-11H2,(H,17,19). The highest BCUT2D eigenvalue weighted by Gasteiger charge is 2.32. The fourth-order valence-corrected chi connectivity index (χ4v) is 3.49. The van der Waals surface area contributed by atoms with Crippen molar-refractivity contribution in [3.63, 3.8) is 0 Å². The van der Waals surface area contributed by atoms with Crippen LogP contribution in [0.15, 0.2) is 30.3 Å². The van der Waals surface area contributed by atoms with E-state index in [0.717, 1.165) is 36.5 Å². The highest BCUT2D eigenvalue weighted by molar-refractivity contribution is 5.94. The molecule has 0 aliphatic carbocycles. The van der Waals surface area contributed by atoms with Crippen molar-refractivity contribution < 1.29 is 4.79 Å². The van der Waals surface area contributed by atoms with Crippen LogP contribution in [0.3, 0.4) is 0 Å². The smallest absolute Gasteiger partial charge is 0.251 e. The van der Waals surface area contributed by atoms with Gasteiger partial charge in [0.1, 0.15) is 0 Å². The quantitative estimate of drug-likeness (QED) is 0.870. The second-order valence-electron chi connectivity index (χ2n) is 5.89. The van der Waals surface area contributed by atoms with Crippen LogP contribution in [0.5, 0.6) is 0 Å². The molecule has 2 aliphatic rings. The molecule has 1 aromatic rings. The van der Waals surface area contributed by atoms with Gasteiger partial charge in [0.15, 0.2) is 0 Å². The molecule has 0 spiro atoms. The van der Waals surface area contributed by atoms with Crippen LogP contribution in [-0.2, 0) is 0 Å². The molecule has 3 heteroatoms. The summed E-state index contributed by atoms with van der Waals surface area (Å²) in [7, 11) is 0. The van der Waals surface area contributed by atoms with Gasteiger partial charge in [-0.3, -0.25) is 4.79 Å². The van der Waals surface area contributed by atoms with Gasteiger partial charge in [0.25, 0.3) is 5.91 Å². The summed E-state index contributed by atoms with van der Waals surface area (Å²) in [5, 5.41) is 6.69. The number of hydrogen-bond donors (Lipinski definition) is 2. The maximum atomic E-state index is 11.9. The number of nitrogens with one attached hydrogen (secondary N) is 2. The summed E-state index contributed by atoms with van der Waals surface area (Å²) in [4.78, 5) is 11.9. The average Bonchev–Trinajstić information content (AvgIpc) is 2.79. The Labute approximate surface area is 114 Å². The number of benzene rings is 1. The van der Waals surface area contributed by atoms with Crippen molar-refractivity contribution in [2.24, 2.45) is 5.92 Å². The van der Waals surface area contributed by atoms with Crippen LogP contribution in [-0.4, -0.2) is 24.5 Å². The van der Waals surface area contributed by atoms with E-state index in [2.05, 4.69) is 10.6 Å². The van der Waals surface area contributed by atoms with Gasteiger partial charge in [0.05, 0.1) is 0 Å². The van der Waals surface area contributed by atoms with Gasteiger partial charge in [0.2, 0.25) is 0 Å². The summed E-state index contributed by atoms with van der Waals surface area (Å²) in [5.74, 6) is 0.840. The lowest BCUT2D eigenvalue weighted by molar-refractivity contribution is 0.0950. The summed E-state index contributed by atoms with van der Waals surface area (Å²) in [6, 6.07) is 10.9. The van der Waals surface area contributed by atoms with E-state index in [0.29, 0.717) is 0 Å². The van der Waals surface area contributed by atoms with Gasteiger partial charge < -0.3 is 10.6 Å². The van der Waals surface area contributed by atoms with Crippen molar-refractivity contribution in [2.45, 2.75) is 44.2 Å². The molecular formula is C16H22N2O. The first-order valence-electron chi connectivity index (χ1n) is 7.40. The number of rotatable bonds is 4. The molecule has 3 nitrogen and oxygen atoms in total. The molecule has 2 heterocycles. The molecule has 3 rings (SSSR count). The topological polar surface area (TPSA) is 41.1 Å². The van der Waals surface area contributed by atoms with E-state index < -0.39 is 0 Å². The van der Waals surface area contributed by atoms with Crippen molar-refractivity contribution >= 4 is 5.91 Å². The first kappa shape index (κ1) is 12.7. The van der Waals surface area contributed by atoms with Gasteiger partial charge in [-0.25, -0.2) is 0 Å². The van der Waals surface area contributed by atoms with Gasteiger partial charge in [0, 0.05) is 24.2 Å². The SMILES string of the molecule is O=C(NCCC1CC2CCC(C1)N2)c1ccccc1. The number of fused-ring (bicyclic) bond motifs is 2. The number of piperidine rings is 1. The Bertz CT molecular complexity index is 420. The Kier molecular flexibility index (Phi) is 3.83. The molecule has 2 aliphatic heterocycles. The van der Waals surface area contributed by atoms with Crippen LogP contribution in [0, 0.1) is 5.92 Å². The summed E-state index contributed by atoms with van der Waals surface area (Å²) >= 11 is 0. The van der Waals surface area contributed by atoms with Crippen molar-refractivity contribution in [1.29, 1.82) is 0 Å². The molecule has 0 radical (unpaired) electrons. The first-order valence-corrected chi connectivity index (χ1v) is 7.40. The number of amides is 1. The normalized spacial score (nSPS) is 29.2. The monoisotopic (exact) mass is 258 g/mol. The highest BCUT2D eigenvalue weighted by atomic mass is 16.1. The minimum atomic E-state index is 0.0532. The van der Waals surface area contributed by atoms with Gasteiger partial charge in [-0.1, -0.05) is 18.2 Å². The fourth-order valence-electron chi connectivity index (χ4n) is 3.49. The molecule has 102 valence electrons. The van der Waals surface area contributed by atoms with E-state index in [1.807, 2.05) is 30.3 Å². The van der Waals surface area contributed by atoms with Crippen LogP contribution >= 0.6 is 0 Å². The van der Waals surface area contributed by atoms with E-state index in [4.69, 9.17) is 0 Å². The van der Waals surface area contributed by atoms with Crippen molar-refractivity contribution in [3.8, 4) is 0 Å². The van der Waals surface area contributed by atoms with Gasteiger partial charge in [-0.15, -0.1) is 0 Å². The lowest BCUT2D eigenvalue weighted by atomic mass is 9.90. The maximum Gasteiger partial charge on any atom is 0.251 e. The molecule has 0 aromatic heterocycles. The van der Waals surface area contributed by atoms with Crippen molar-refractivity contribution in [1.82, 2.24) is 10.6 Å². The molecule has 1 amide bonds. The lowest BCUT2D eigenvalue weighted by Gasteiger charge is -2.29. The van der Waals surface area contributed by atoms with E-state index >= 15 is 0 Å². The van der Waals surface area contributed by atoms with E-state index in [9.17, 15) is 4.79 Å². The second-order valence-corrected chi connectivity index (χ2v) is 5.89. The first-order chi connectivity index (χ1) is 9.31. The zero-order valence-electron chi connectivity index (χ0n) is 11.3. The predicted octanol–water partition coefficient (Wildman–Crippen LogP) is 2.34. The third-order valence-corrected chi connectivity index (χ3v) is 4.44. The maximum absolute atomic E-state index is 11.9. The molecule has 2 bridgehead atoms. The molecule has 19 heavy (non-hydrogen) atoms. The molecule has 2 N–H and O–H groups in total. The summed E-state index contributed by atoms with van der Waals surface area (Å²) in [6.07, 6.45) is 6.39.